The maximum Gasteiger partial charge on any atom is 0.00967 e. The molecular formula is C17H29N. The highest BCUT2D eigenvalue weighted by atomic mass is 14.9. The Kier molecular flexibility index (Phi) is 5.87. The molecule has 0 saturated heterocycles. The van der Waals surface area contributed by atoms with E-state index in [0.717, 1.165) is 6.54 Å². The van der Waals surface area contributed by atoms with E-state index in [1.54, 1.807) is 0 Å². The van der Waals surface area contributed by atoms with Crippen molar-refractivity contribution in [2.45, 2.75) is 65.3 Å². The molecule has 1 unspecified atom stereocenters. The quantitative estimate of drug-likeness (QED) is 0.771. The van der Waals surface area contributed by atoms with Gasteiger partial charge in [-0.15, -0.1) is 0 Å². The van der Waals surface area contributed by atoms with Crippen molar-refractivity contribution in [1.82, 2.24) is 5.32 Å². The van der Waals surface area contributed by atoms with Gasteiger partial charge in [0, 0.05) is 12.1 Å². The summed E-state index contributed by atoms with van der Waals surface area (Å²) in [4.78, 5) is 0. The summed E-state index contributed by atoms with van der Waals surface area (Å²) in [5.41, 5.74) is 3.14. The van der Waals surface area contributed by atoms with Crippen LogP contribution < -0.4 is 5.32 Å². The Labute approximate surface area is 113 Å². The Morgan fingerprint density at radius 2 is 1.83 bits per heavy atom. The first-order valence-electron chi connectivity index (χ1n) is 7.24. The van der Waals surface area contributed by atoms with Gasteiger partial charge in [-0.3, -0.25) is 0 Å². The zero-order valence-corrected chi connectivity index (χ0v) is 12.7. The van der Waals surface area contributed by atoms with E-state index in [9.17, 15) is 0 Å². The average molecular weight is 247 g/mol. The summed E-state index contributed by atoms with van der Waals surface area (Å²) in [5, 5.41) is 3.66. The first kappa shape index (κ1) is 15.2. The number of benzene rings is 1. The second-order valence-electron chi connectivity index (χ2n) is 6.33. The fourth-order valence-electron chi connectivity index (χ4n) is 2.29. The molecule has 0 aliphatic rings. The van der Waals surface area contributed by atoms with Crippen molar-refractivity contribution in [2.24, 2.45) is 0 Å². The zero-order valence-electron chi connectivity index (χ0n) is 12.7. The van der Waals surface area contributed by atoms with Crippen molar-refractivity contribution in [3.8, 4) is 0 Å². The van der Waals surface area contributed by atoms with E-state index in [0.29, 0.717) is 5.92 Å². The van der Waals surface area contributed by atoms with Crippen LogP contribution in [0.3, 0.4) is 0 Å². The lowest BCUT2D eigenvalue weighted by molar-refractivity contribution is 0.395. The van der Waals surface area contributed by atoms with E-state index >= 15 is 0 Å². The molecule has 1 N–H and O–H groups in total. The molecule has 0 radical (unpaired) electrons. The van der Waals surface area contributed by atoms with E-state index in [2.05, 4.69) is 64.2 Å². The third-order valence-electron chi connectivity index (χ3n) is 3.41. The van der Waals surface area contributed by atoms with Crippen LogP contribution in [-0.2, 0) is 0 Å². The Morgan fingerprint density at radius 1 is 1.17 bits per heavy atom. The molecule has 1 nitrogen and oxygen atoms in total. The van der Waals surface area contributed by atoms with Gasteiger partial charge < -0.3 is 5.32 Å². The lowest BCUT2D eigenvalue weighted by Crippen LogP contribution is -2.38. The highest BCUT2D eigenvalue weighted by molar-refractivity contribution is 5.29. The summed E-state index contributed by atoms with van der Waals surface area (Å²) in [6, 6.07) is 8.82. The van der Waals surface area contributed by atoms with E-state index in [1.165, 1.54) is 30.4 Å². The number of hydrogen-bond donors (Lipinski definition) is 1. The van der Waals surface area contributed by atoms with Crippen LogP contribution in [0.5, 0.6) is 0 Å². The lowest BCUT2D eigenvalue weighted by atomic mass is 9.89. The Balaban J connectivity index is 2.75. The third-order valence-corrected chi connectivity index (χ3v) is 3.41. The molecule has 0 spiro atoms. The van der Waals surface area contributed by atoms with Gasteiger partial charge in [0.1, 0.15) is 0 Å². The molecule has 0 heterocycles. The molecule has 102 valence electrons. The van der Waals surface area contributed by atoms with Gasteiger partial charge in [-0.05, 0) is 51.2 Å². The Bertz CT molecular complexity index is 349. The van der Waals surface area contributed by atoms with Crippen molar-refractivity contribution >= 4 is 0 Å². The third kappa shape index (κ3) is 5.22. The first-order chi connectivity index (χ1) is 8.44. The molecule has 18 heavy (non-hydrogen) atoms. The fraction of sp³-hybridized carbons (Fsp3) is 0.647. The van der Waals surface area contributed by atoms with Crippen LogP contribution >= 0.6 is 0 Å². The first-order valence-corrected chi connectivity index (χ1v) is 7.24. The Hall–Kier alpha value is -0.820. The van der Waals surface area contributed by atoms with Gasteiger partial charge in [-0.1, -0.05) is 44.0 Å². The number of hydrogen-bond acceptors (Lipinski definition) is 1. The zero-order chi connectivity index (χ0) is 13.6. The van der Waals surface area contributed by atoms with Crippen molar-refractivity contribution in [3.63, 3.8) is 0 Å². The van der Waals surface area contributed by atoms with Gasteiger partial charge in [0.15, 0.2) is 0 Å². The van der Waals surface area contributed by atoms with Crippen LogP contribution in [0.2, 0.25) is 0 Å². The van der Waals surface area contributed by atoms with E-state index < -0.39 is 0 Å². The summed E-state index contributed by atoms with van der Waals surface area (Å²) in [6.07, 6.45) is 3.87. The maximum atomic E-state index is 3.66. The highest BCUT2D eigenvalue weighted by Gasteiger charge is 2.16. The molecule has 0 saturated carbocycles. The van der Waals surface area contributed by atoms with E-state index in [1.807, 2.05) is 0 Å². The minimum absolute atomic E-state index is 0.202. The summed E-state index contributed by atoms with van der Waals surface area (Å²) in [6.45, 7) is 12.3. The summed E-state index contributed by atoms with van der Waals surface area (Å²) in [5.74, 6) is 0.644. The predicted molar refractivity (Wildman–Crippen MR) is 81.2 cm³/mol. The lowest BCUT2D eigenvalue weighted by Gasteiger charge is -2.26. The normalized spacial score (nSPS) is 13.6. The molecule has 0 bridgehead atoms. The molecule has 1 rings (SSSR count). The van der Waals surface area contributed by atoms with Crippen LogP contribution in [0, 0.1) is 6.92 Å². The molecule has 1 heteroatoms. The van der Waals surface area contributed by atoms with Gasteiger partial charge in [0.2, 0.25) is 0 Å². The second kappa shape index (κ2) is 6.94. The second-order valence-corrected chi connectivity index (χ2v) is 6.33. The molecule has 0 aliphatic carbocycles. The molecule has 0 fully saturated rings. The standard InChI is InChI=1S/C17H29N/c1-6-7-11-15(13-18-17(3,4)5)16-12-9-8-10-14(16)2/h8-10,12,15,18H,6-7,11,13H2,1-5H3. The average Bonchev–Trinajstić information content (AvgIpc) is 2.29. The van der Waals surface area contributed by atoms with Gasteiger partial charge in [-0.2, -0.15) is 0 Å². The monoisotopic (exact) mass is 247 g/mol. The van der Waals surface area contributed by atoms with Crippen molar-refractivity contribution in [1.29, 1.82) is 0 Å². The van der Waals surface area contributed by atoms with Gasteiger partial charge in [-0.25, -0.2) is 0 Å². The molecule has 0 aliphatic heterocycles. The number of nitrogens with one attached hydrogen (secondary N) is 1. The van der Waals surface area contributed by atoms with E-state index in [4.69, 9.17) is 0 Å². The Morgan fingerprint density at radius 3 is 2.39 bits per heavy atom. The van der Waals surface area contributed by atoms with Crippen LogP contribution in [0.25, 0.3) is 0 Å². The number of unbranched alkanes of at least 4 members (excludes halogenated alkanes) is 1. The summed E-state index contributed by atoms with van der Waals surface area (Å²) in [7, 11) is 0. The molecule has 1 atom stereocenters. The van der Waals surface area contributed by atoms with Gasteiger partial charge in [0.05, 0.1) is 0 Å². The van der Waals surface area contributed by atoms with Crippen LogP contribution in [0.1, 0.15) is 64.0 Å². The minimum Gasteiger partial charge on any atom is -0.311 e. The topological polar surface area (TPSA) is 12.0 Å². The fourth-order valence-corrected chi connectivity index (χ4v) is 2.29. The molecular weight excluding hydrogens is 218 g/mol. The van der Waals surface area contributed by atoms with Crippen molar-refractivity contribution in [3.05, 3.63) is 35.4 Å². The van der Waals surface area contributed by atoms with Crippen LogP contribution in [-0.4, -0.2) is 12.1 Å². The minimum atomic E-state index is 0.202. The molecule has 1 aromatic carbocycles. The van der Waals surface area contributed by atoms with Crippen LogP contribution in [0.15, 0.2) is 24.3 Å². The predicted octanol–water partition coefficient (Wildman–Crippen LogP) is 4.66. The number of aryl methyl sites for hydroxylation is 1. The molecule has 0 aromatic heterocycles. The highest BCUT2D eigenvalue weighted by Crippen LogP contribution is 2.25. The number of rotatable bonds is 6. The van der Waals surface area contributed by atoms with E-state index in [-0.39, 0.29) is 5.54 Å². The largest absolute Gasteiger partial charge is 0.311 e. The summed E-state index contributed by atoms with van der Waals surface area (Å²) >= 11 is 0. The van der Waals surface area contributed by atoms with Gasteiger partial charge >= 0.3 is 0 Å². The maximum absolute atomic E-state index is 3.66. The smallest absolute Gasteiger partial charge is 0.00967 e. The molecule has 1 aromatic rings. The SMILES string of the molecule is CCCCC(CNC(C)(C)C)c1ccccc1C. The van der Waals surface area contributed by atoms with Crippen molar-refractivity contribution in [2.75, 3.05) is 6.54 Å². The van der Waals surface area contributed by atoms with Gasteiger partial charge in [0.25, 0.3) is 0 Å². The summed E-state index contributed by atoms with van der Waals surface area (Å²) < 4.78 is 0. The van der Waals surface area contributed by atoms with Crippen molar-refractivity contribution < 1.29 is 0 Å². The molecule has 0 amide bonds. The van der Waals surface area contributed by atoms with Crippen LogP contribution in [0.4, 0.5) is 0 Å².